The van der Waals surface area contributed by atoms with Crippen molar-refractivity contribution in [2.75, 3.05) is 6.54 Å². The summed E-state index contributed by atoms with van der Waals surface area (Å²) < 4.78 is 10.7. The number of benzene rings is 1. The molecule has 4 aromatic rings. The van der Waals surface area contributed by atoms with Crippen molar-refractivity contribution < 1.29 is 13.7 Å². The summed E-state index contributed by atoms with van der Waals surface area (Å²) in [7, 11) is 0. The molecule has 1 N–H and O–H groups in total. The zero-order chi connectivity index (χ0) is 18.8. The van der Waals surface area contributed by atoms with Gasteiger partial charge in [-0.2, -0.15) is 0 Å². The third-order valence-electron chi connectivity index (χ3n) is 4.23. The summed E-state index contributed by atoms with van der Waals surface area (Å²) in [4.78, 5) is 21.4. The number of hydrogen-bond donors (Lipinski definition) is 1. The number of pyridine rings is 1. The van der Waals surface area contributed by atoms with Gasteiger partial charge in [-0.05, 0) is 32.0 Å². The summed E-state index contributed by atoms with van der Waals surface area (Å²) in [5.74, 6) is 0.382. The van der Waals surface area contributed by atoms with Gasteiger partial charge >= 0.3 is 0 Å². The van der Waals surface area contributed by atoms with Crippen molar-refractivity contribution >= 4 is 17.0 Å². The highest BCUT2D eigenvalue weighted by atomic mass is 16.5. The third-order valence-corrected chi connectivity index (χ3v) is 4.23. The molecule has 1 aromatic carbocycles. The Kier molecular flexibility index (Phi) is 4.42. The summed E-state index contributed by atoms with van der Waals surface area (Å²) in [6, 6.07) is 11.4. The highest BCUT2D eigenvalue weighted by Crippen LogP contribution is 2.22. The lowest BCUT2D eigenvalue weighted by Gasteiger charge is -2.06. The first-order valence-corrected chi connectivity index (χ1v) is 8.63. The molecule has 136 valence electrons. The van der Waals surface area contributed by atoms with E-state index in [2.05, 4.69) is 20.4 Å². The number of carbonyl (C=O) groups is 1. The largest absolute Gasteiger partial charge is 0.444 e. The molecule has 0 saturated heterocycles. The highest BCUT2D eigenvalue weighted by Gasteiger charge is 2.17. The molecule has 0 bridgehead atoms. The van der Waals surface area contributed by atoms with Gasteiger partial charge < -0.3 is 14.3 Å². The molecule has 7 nitrogen and oxygen atoms in total. The zero-order valence-electron chi connectivity index (χ0n) is 15.0. The Morgan fingerprint density at radius 3 is 2.78 bits per heavy atom. The van der Waals surface area contributed by atoms with Gasteiger partial charge in [-0.15, -0.1) is 0 Å². The molecule has 27 heavy (non-hydrogen) atoms. The second-order valence-corrected chi connectivity index (χ2v) is 6.28. The van der Waals surface area contributed by atoms with Crippen molar-refractivity contribution in [3.63, 3.8) is 0 Å². The molecule has 0 saturated carbocycles. The van der Waals surface area contributed by atoms with Crippen LogP contribution < -0.4 is 5.32 Å². The molecule has 1 amide bonds. The topological polar surface area (TPSA) is 94.1 Å². The Balaban J connectivity index is 1.44. The first-order chi connectivity index (χ1) is 13.1. The lowest BCUT2D eigenvalue weighted by molar-refractivity contribution is 0.0955. The van der Waals surface area contributed by atoms with E-state index in [1.807, 2.05) is 37.3 Å². The fourth-order valence-electron chi connectivity index (χ4n) is 2.93. The molecule has 3 aromatic heterocycles. The van der Waals surface area contributed by atoms with Crippen molar-refractivity contribution in [3.8, 4) is 11.5 Å². The zero-order valence-corrected chi connectivity index (χ0v) is 15.0. The van der Waals surface area contributed by atoms with Crippen molar-refractivity contribution in [2.45, 2.75) is 20.3 Å². The smallest absolute Gasteiger partial charge is 0.258 e. The number of amides is 1. The Labute approximate surface area is 155 Å². The molecule has 0 radical (unpaired) electrons. The highest BCUT2D eigenvalue weighted by molar-refractivity contribution is 6.06. The monoisotopic (exact) mass is 362 g/mol. The van der Waals surface area contributed by atoms with E-state index in [1.165, 1.54) is 0 Å². The van der Waals surface area contributed by atoms with E-state index in [9.17, 15) is 4.79 Å². The lowest BCUT2D eigenvalue weighted by atomic mass is 10.1. The quantitative estimate of drug-likeness (QED) is 0.584. The van der Waals surface area contributed by atoms with Gasteiger partial charge in [0.1, 0.15) is 6.26 Å². The van der Waals surface area contributed by atoms with Gasteiger partial charge in [-0.3, -0.25) is 4.79 Å². The van der Waals surface area contributed by atoms with Crippen LogP contribution in [0.2, 0.25) is 0 Å². The Morgan fingerprint density at radius 2 is 1.96 bits per heavy atom. The van der Waals surface area contributed by atoms with Crippen LogP contribution in [0.5, 0.6) is 0 Å². The number of aromatic nitrogens is 3. The number of hydrogen-bond acceptors (Lipinski definition) is 6. The predicted molar refractivity (Wildman–Crippen MR) is 99.3 cm³/mol. The molecule has 3 heterocycles. The molecule has 4 rings (SSSR count). The molecule has 7 heteroatoms. The second kappa shape index (κ2) is 7.03. The van der Waals surface area contributed by atoms with Crippen molar-refractivity contribution in [2.24, 2.45) is 0 Å². The van der Waals surface area contributed by atoms with Gasteiger partial charge in [0.05, 0.1) is 22.3 Å². The van der Waals surface area contributed by atoms with Crippen LogP contribution in [0.25, 0.3) is 22.6 Å². The Bertz CT molecular complexity index is 1100. The maximum Gasteiger partial charge on any atom is 0.258 e. The van der Waals surface area contributed by atoms with E-state index in [0.717, 1.165) is 11.3 Å². The molecule has 0 fully saturated rings. The molecular weight excluding hydrogens is 344 g/mol. The Hall–Kier alpha value is -3.48. The van der Waals surface area contributed by atoms with E-state index < -0.39 is 0 Å². The number of nitrogens with zero attached hydrogens (tertiary/aromatic N) is 3. The molecular formula is C20H18N4O3. The van der Waals surface area contributed by atoms with E-state index in [1.54, 1.807) is 19.3 Å². The van der Waals surface area contributed by atoms with Gasteiger partial charge in [-0.25, -0.2) is 9.97 Å². The average Bonchev–Trinajstić information content (AvgIpc) is 3.29. The van der Waals surface area contributed by atoms with Crippen LogP contribution in [0.3, 0.4) is 0 Å². The predicted octanol–water partition coefficient (Wildman–Crippen LogP) is 3.47. The standard InChI is InChI=1S/C20H18N4O3/c1-12-10-16(17-13(2)24-27-20(17)22-12)18(25)21-9-8-15-11-26-19(23-15)14-6-4-3-5-7-14/h3-7,10-11H,8-9H2,1-2H3,(H,21,25). The van der Waals surface area contributed by atoms with Crippen LogP contribution in [0.15, 0.2) is 51.6 Å². The number of rotatable bonds is 5. The van der Waals surface area contributed by atoms with Crippen LogP contribution in [0, 0.1) is 13.8 Å². The van der Waals surface area contributed by atoms with Crippen LogP contribution in [-0.4, -0.2) is 27.6 Å². The van der Waals surface area contributed by atoms with Crippen molar-refractivity contribution in [1.82, 2.24) is 20.4 Å². The van der Waals surface area contributed by atoms with Crippen LogP contribution in [-0.2, 0) is 6.42 Å². The normalized spacial score (nSPS) is 11.0. The van der Waals surface area contributed by atoms with Gasteiger partial charge in [0.25, 0.3) is 11.6 Å². The van der Waals surface area contributed by atoms with Crippen LogP contribution in [0.4, 0.5) is 0 Å². The van der Waals surface area contributed by atoms with E-state index in [0.29, 0.717) is 46.9 Å². The minimum atomic E-state index is -0.191. The number of fused-ring (bicyclic) bond motifs is 1. The van der Waals surface area contributed by atoms with Gasteiger partial charge in [0.2, 0.25) is 5.89 Å². The summed E-state index contributed by atoms with van der Waals surface area (Å²) in [5, 5.41) is 7.46. The molecule has 0 aliphatic rings. The second-order valence-electron chi connectivity index (χ2n) is 6.28. The maximum absolute atomic E-state index is 12.6. The minimum absolute atomic E-state index is 0.191. The lowest BCUT2D eigenvalue weighted by Crippen LogP contribution is -2.26. The van der Waals surface area contributed by atoms with Crippen molar-refractivity contribution in [3.05, 3.63) is 65.3 Å². The summed E-state index contributed by atoms with van der Waals surface area (Å²) in [6.45, 7) is 4.04. The van der Waals surface area contributed by atoms with Crippen LogP contribution in [0.1, 0.15) is 27.4 Å². The first kappa shape index (κ1) is 17.0. The molecule has 0 atom stereocenters. The summed E-state index contributed by atoms with van der Waals surface area (Å²) in [5.41, 5.74) is 3.94. The van der Waals surface area contributed by atoms with E-state index in [4.69, 9.17) is 8.94 Å². The van der Waals surface area contributed by atoms with E-state index in [-0.39, 0.29) is 5.91 Å². The van der Waals surface area contributed by atoms with Crippen molar-refractivity contribution in [1.29, 1.82) is 0 Å². The third kappa shape index (κ3) is 3.44. The number of aryl methyl sites for hydroxylation is 2. The number of carbonyl (C=O) groups excluding carboxylic acids is 1. The summed E-state index contributed by atoms with van der Waals surface area (Å²) in [6.07, 6.45) is 2.19. The molecule has 0 aliphatic heterocycles. The maximum atomic E-state index is 12.6. The van der Waals surface area contributed by atoms with Gasteiger partial charge in [0.15, 0.2) is 0 Å². The molecule has 0 unspecified atom stereocenters. The van der Waals surface area contributed by atoms with Crippen LogP contribution >= 0.6 is 0 Å². The summed E-state index contributed by atoms with van der Waals surface area (Å²) >= 11 is 0. The number of nitrogens with one attached hydrogen (secondary N) is 1. The average molecular weight is 362 g/mol. The van der Waals surface area contributed by atoms with E-state index >= 15 is 0 Å². The minimum Gasteiger partial charge on any atom is -0.444 e. The van der Waals surface area contributed by atoms with Gasteiger partial charge in [-0.1, -0.05) is 23.4 Å². The first-order valence-electron chi connectivity index (χ1n) is 8.63. The fraction of sp³-hybridized carbons (Fsp3) is 0.200. The fourth-order valence-corrected chi connectivity index (χ4v) is 2.93. The molecule has 0 spiro atoms. The SMILES string of the molecule is Cc1cc(C(=O)NCCc2coc(-c3ccccc3)n2)c2c(C)noc2n1. The molecule has 0 aliphatic carbocycles. The number of oxazole rings is 1. The van der Waals surface area contributed by atoms with Gasteiger partial charge in [0, 0.05) is 24.2 Å². The Morgan fingerprint density at radius 1 is 1.15 bits per heavy atom.